The van der Waals surface area contributed by atoms with Crippen molar-refractivity contribution in [3.8, 4) is 0 Å². The van der Waals surface area contributed by atoms with E-state index in [0.29, 0.717) is 11.3 Å². The predicted molar refractivity (Wildman–Crippen MR) is 99.6 cm³/mol. The fourth-order valence-corrected chi connectivity index (χ4v) is 3.94. The average molecular weight is 325 g/mol. The molecule has 0 N–H and O–H groups in total. The molecule has 0 bridgehead atoms. The molecule has 0 aromatic rings. The van der Waals surface area contributed by atoms with Gasteiger partial charge in [0.05, 0.1) is 0 Å². The van der Waals surface area contributed by atoms with Crippen LogP contribution in [0, 0.1) is 11.3 Å². The molecule has 2 aliphatic heterocycles. The van der Waals surface area contributed by atoms with Gasteiger partial charge >= 0.3 is 0 Å². The fourth-order valence-electron chi connectivity index (χ4n) is 3.94. The number of piperidine rings is 2. The maximum atomic E-state index is 12.1. The van der Waals surface area contributed by atoms with Crippen LogP contribution in [0.1, 0.15) is 79.6 Å². The predicted octanol–water partition coefficient (Wildman–Crippen LogP) is 4.56. The molecule has 0 radical (unpaired) electrons. The van der Waals surface area contributed by atoms with E-state index in [1.54, 1.807) is 0 Å². The quantitative estimate of drug-likeness (QED) is 0.740. The molecule has 0 aliphatic carbocycles. The summed E-state index contributed by atoms with van der Waals surface area (Å²) in [5.41, 5.74) is 0.551. The summed E-state index contributed by atoms with van der Waals surface area (Å²) < 4.78 is 0. The largest absolute Gasteiger partial charge is 0.343 e. The van der Waals surface area contributed by atoms with E-state index in [-0.39, 0.29) is 0 Å². The smallest absolute Gasteiger partial charge is 0.222 e. The molecule has 2 saturated heterocycles. The van der Waals surface area contributed by atoms with Gasteiger partial charge in [0.15, 0.2) is 0 Å². The summed E-state index contributed by atoms with van der Waals surface area (Å²) >= 11 is 0. The second-order valence-corrected chi connectivity index (χ2v) is 7.68. The first kappa shape index (κ1) is 20.5. The third-order valence-electron chi connectivity index (χ3n) is 5.46. The van der Waals surface area contributed by atoms with Crippen molar-refractivity contribution >= 4 is 5.91 Å². The van der Waals surface area contributed by atoms with Gasteiger partial charge in [0.2, 0.25) is 5.91 Å². The van der Waals surface area contributed by atoms with Gasteiger partial charge in [-0.2, -0.15) is 0 Å². The number of rotatable bonds is 5. The molecule has 2 fully saturated rings. The Morgan fingerprint density at radius 3 is 2.00 bits per heavy atom. The van der Waals surface area contributed by atoms with Crippen molar-refractivity contribution in [3.63, 3.8) is 0 Å². The highest BCUT2D eigenvalue weighted by Gasteiger charge is 2.38. The number of amides is 1. The lowest BCUT2D eigenvalue weighted by atomic mass is 9.71. The van der Waals surface area contributed by atoms with Gasteiger partial charge in [0.25, 0.3) is 0 Å². The van der Waals surface area contributed by atoms with Gasteiger partial charge in [-0.25, -0.2) is 0 Å². The molecule has 136 valence electrons. The lowest BCUT2D eigenvalue weighted by Crippen LogP contribution is -2.48. The number of nitrogens with zero attached hydrogens (tertiary/aromatic N) is 2. The maximum Gasteiger partial charge on any atom is 0.222 e. The summed E-state index contributed by atoms with van der Waals surface area (Å²) in [6, 6.07) is 0. The van der Waals surface area contributed by atoms with E-state index in [0.717, 1.165) is 38.3 Å². The summed E-state index contributed by atoms with van der Waals surface area (Å²) in [7, 11) is 0. The first-order chi connectivity index (χ1) is 11.0. The molecule has 3 heteroatoms. The Hall–Kier alpha value is -0.570. The summed E-state index contributed by atoms with van der Waals surface area (Å²) in [5, 5.41) is 0. The van der Waals surface area contributed by atoms with Gasteiger partial charge in [-0.1, -0.05) is 41.0 Å². The van der Waals surface area contributed by atoms with Crippen molar-refractivity contribution in [2.75, 3.05) is 32.7 Å². The van der Waals surface area contributed by atoms with Crippen LogP contribution in [0.5, 0.6) is 0 Å². The first-order valence-corrected chi connectivity index (χ1v) is 10.0. The lowest BCUT2D eigenvalue weighted by molar-refractivity contribution is -0.134. The third-order valence-corrected chi connectivity index (χ3v) is 5.46. The summed E-state index contributed by atoms with van der Waals surface area (Å²) in [6.07, 6.45) is 8.08. The molecule has 0 saturated carbocycles. The van der Waals surface area contributed by atoms with Crippen molar-refractivity contribution in [2.24, 2.45) is 11.3 Å². The summed E-state index contributed by atoms with van der Waals surface area (Å²) in [4.78, 5) is 16.9. The molecule has 1 amide bonds. The standard InChI is InChI=1S/C18H34N2O.C2H6/c1-4-5-6-17(21)20-13-9-18(10-14-20)7-11-19(12-8-18)15-16(2)3;1-2/h16H,4-15H2,1-3H3;1-2H3. The normalized spacial score (nSPS) is 21.2. The molecular formula is C20H40N2O. The van der Waals surface area contributed by atoms with Gasteiger partial charge < -0.3 is 9.80 Å². The highest BCUT2D eigenvalue weighted by Crippen LogP contribution is 2.41. The van der Waals surface area contributed by atoms with E-state index in [9.17, 15) is 4.79 Å². The maximum absolute atomic E-state index is 12.1. The monoisotopic (exact) mass is 324 g/mol. The lowest BCUT2D eigenvalue weighted by Gasteiger charge is -2.47. The Morgan fingerprint density at radius 2 is 1.52 bits per heavy atom. The zero-order chi connectivity index (χ0) is 17.3. The van der Waals surface area contributed by atoms with Gasteiger partial charge in [-0.05, 0) is 56.5 Å². The van der Waals surface area contributed by atoms with E-state index in [1.807, 2.05) is 13.8 Å². The molecule has 2 aliphatic rings. The van der Waals surface area contributed by atoms with E-state index in [1.165, 1.54) is 45.3 Å². The van der Waals surface area contributed by atoms with Crippen molar-refractivity contribution in [1.29, 1.82) is 0 Å². The second kappa shape index (κ2) is 10.3. The number of carbonyl (C=O) groups is 1. The molecule has 2 heterocycles. The van der Waals surface area contributed by atoms with Gasteiger partial charge in [-0.15, -0.1) is 0 Å². The number of likely N-dealkylation sites (tertiary alicyclic amines) is 2. The Balaban J connectivity index is 0.00000127. The fraction of sp³-hybridized carbons (Fsp3) is 0.950. The third kappa shape index (κ3) is 6.45. The van der Waals surface area contributed by atoms with E-state index < -0.39 is 0 Å². The van der Waals surface area contributed by atoms with Gasteiger partial charge in [0.1, 0.15) is 0 Å². The van der Waals surface area contributed by atoms with Crippen LogP contribution in [0.2, 0.25) is 0 Å². The summed E-state index contributed by atoms with van der Waals surface area (Å²) in [6.45, 7) is 16.6. The van der Waals surface area contributed by atoms with Crippen LogP contribution in [0.25, 0.3) is 0 Å². The Kier molecular flexibility index (Phi) is 9.19. The van der Waals surface area contributed by atoms with Crippen molar-refractivity contribution < 1.29 is 4.79 Å². The number of carbonyl (C=O) groups excluding carboxylic acids is 1. The zero-order valence-electron chi connectivity index (χ0n) is 16.4. The number of hydrogen-bond donors (Lipinski definition) is 0. The molecule has 2 rings (SSSR count). The molecule has 3 nitrogen and oxygen atoms in total. The second-order valence-electron chi connectivity index (χ2n) is 7.68. The molecule has 0 atom stereocenters. The van der Waals surface area contributed by atoms with Crippen LogP contribution < -0.4 is 0 Å². The van der Waals surface area contributed by atoms with Gasteiger partial charge in [0, 0.05) is 26.1 Å². The SMILES string of the molecule is CC.CCCCC(=O)N1CCC2(CCN(CC(C)C)CC2)CC1. The minimum atomic E-state index is 0.393. The molecule has 1 spiro atoms. The van der Waals surface area contributed by atoms with E-state index >= 15 is 0 Å². The van der Waals surface area contributed by atoms with Crippen molar-refractivity contribution in [3.05, 3.63) is 0 Å². The molecular weight excluding hydrogens is 284 g/mol. The van der Waals surface area contributed by atoms with Crippen LogP contribution in [-0.2, 0) is 4.79 Å². The van der Waals surface area contributed by atoms with E-state index in [2.05, 4.69) is 30.6 Å². The van der Waals surface area contributed by atoms with Crippen LogP contribution in [0.3, 0.4) is 0 Å². The molecule has 0 aromatic carbocycles. The molecule has 0 aromatic heterocycles. The first-order valence-electron chi connectivity index (χ1n) is 10.0. The number of hydrogen-bond acceptors (Lipinski definition) is 2. The average Bonchev–Trinajstić information content (AvgIpc) is 2.57. The minimum Gasteiger partial charge on any atom is -0.343 e. The Labute approximate surface area is 144 Å². The highest BCUT2D eigenvalue weighted by atomic mass is 16.2. The van der Waals surface area contributed by atoms with E-state index in [4.69, 9.17) is 0 Å². The van der Waals surface area contributed by atoms with Gasteiger partial charge in [-0.3, -0.25) is 4.79 Å². The van der Waals surface area contributed by atoms with Crippen molar-refractivity contribution in [2.45, 2.75) is 79.6 Å². The van der Waals surface area contributed by atoms with Crippen LogP contribution in [-0.4, -0.2) is 48.4 Å². The highest BCUT2D eigenvalue weighted by molar-refractivity contribution is 5.76. The molecule has 0 unspecified atom stereocenters. The molecule has 23 heavy (non-hydrogen) atoms. The van der Waals surface area contributed by atoms with Crippen LogP contribution >= 0.6 is 0 Å². The topological polar surface area (TPSA) is 23.6 Å². The van der Waals surface area contributed by atoms with Crippen LogP contribution in [0.4, 0.5) is 0 Å². The summed E-state index contributed by atoms with van der Waals surface area (Å²) in [5.74, 6) is 1.17. The zero-order valence-corrected chi connectivity index (χ0v) is 16.4. The number of unbranched alkanes of at least 4 members (excludes halogenated alkanes) is 1. The minimum absolute atomic E-state index is 0.393. The Bertz CT molecular complexity index is 323. The van der Waals surface area contributed by atoms with Crippen LogP contribution in [0.15, 0.2) is 0 Å². The van der Waals surface area contributed by atoms with Crippen molar-refractivity contribution in [1.82, 2.24) is 9.80 Å². The Morgan fingerprint density at radius 1 is 1.00 bits per heavy atom.